The third-order valence-corrected chi connectivity index (χ3v) is 5.13. The van der Waals surface area contributed by atoms with Crippen molar-refractivity contribution in [2.75, 3.05) is 5.75 Å². The molecule has 126 valence electrons. The third-order valence-electron chi connectivity index (χ3n) is 3.78. The van der Waals surface area contributed by atoms with Crippen molar-refractivity contribution < 1.29 is 0 Å². The highest BCUT2D eigenvalue weighted by Gasteiger charge is 2.13. The lowest BCUT2D eigenvalue weighted by atomic mass is 10.3. The number of aryl methyl sites for hydroxylation is 2. The largest absolute Gasteiger partial charge is 0.336 e. The maximum Gasteiger partial charge on any atom is 0.332 e. The third kappa shape index (κ3) is 3.27. The topological polar surface area (TPSA) is 72.7 Å². The Balaban J connectivity index is 1.69. The minimum absolute atomic E-state index is 0.345. The van der Waals surface area contributed by atoms with Gasteiger partial charge in [0, 0.05) is 30.4 Å². The fourth-order valence-corrected chi connectivity index (χ4v) is 3.43. The SMILES string of the molecule is Cn1c(=O)c2[nH]c(CCCSc3ccc(Cl)cc3)nc2n(C)c1=O. The first-order valence-electron chi connectivity index (χ1n) is 7.50. The molecular formula is C16H17ClN4O2S. The molecule has 6 nitrogen and oxygen atoms in total. The minimum Gasteiger partial charge on any atom is -0.336 e. The van der Waals surface area contributed by atoms with Crippen molar-refractivity contribution in [3.05, 3.63) is 56.0 Å². The van der Waals surface area contributed by atoms with E-state index in [0.29, 0.717) is 17.6 Å². The van der Waals surface area contributed by atoms with Crippen LogP contribution >= 0.6 is 23.4 Å². The fraction of sp³-hybridized carbons (Fsp3) is 0.312. The number of aromatic amines is 1. The summed E-state index contributed by atoms with van der Waals surface area (Å²) in [5.41, 5.74) is 0.0645. The standard InChI is InChI=1S/C16H17ClN4O2S/c1-20-14-13(15(22)21(2)16(20)23)18-12(19-14)4-3-9-24-11-7-5-10(17)6-8-11/h5-8H,3-4,9H2,1-2H3,(H,18,19). The molecule has 8 heteroatoms. The van der Waals surface area contributed by atoms with Crippen LogP contribution in [0.2, 0.25) is 5.02 Å². The lowest BCUT2D eigenvalue weighted by Crippen LogP contribution is -2.36. The van der Waals surface area contributed by atoms with Gasteiger partial charge in [-0.2, -0.15) is 0 Å². The highest BCUT2D eigenvalue weighted by atomic mass is 35.5. The molecule has 0 aliphatic heterocycles. The van der Waals surface area contributed by atoms with E-state index >= 15 is 0 Å². The molecule has 0 saturated carbocycles. The summed E-state index contributed by atoms with van der Waals surface area (Å²) < 4.78 is 2.47. The number of nitrogens with one attached hydrogen (secondary N) is 1. The second-order valence-electron chi connectivity index (χ2n) is 5.49. The van der Waals surface area contributed by atoms with Crippen LogP contribution in [0.25, 0.3) is 11.2 Å². The highest BCUT2D eigenvalue weighted by Crippen LogP contribution is 2.21. The molecule has 0 fully saturated rings. The van der Waals surface area contributed by atoms with Crippen molar-refractivity contribution in [1.29, 1.82) is 0 Å². The Morgan fingerprint density at radius 3 is 2.58 bits per heavy atom. The molecule has 0 bridgehead atoms. The molecule has 0 aliphatic rings. The van der Waals surface area contributed by atoms with Crippen LogP contribution in [-0.2, 0) is 20.5 Å². The Hall–Kier alpha value is -1.99. The van der Waals surface area contributed by atoms with E-state index < -0.39 is 0 Å². The Labute approximate surface area is 147 Å². The van der Waals surface area contributed by atoms with Crippen molar-refractivity contribution >= 4 is 34.5 Å². The number of nitrogens with zero attached hydrogens (tertiary/aromatic N) is 3. The quantitative estimate of drug-likeness (QED) is 0.557. The number of hydrogen-bond donors (Lipinski definition) is 1. The molecule has 1 aromatic carbocycles. The van der Waals surface area contributed by atoms with Gasteiger partial charge in [-0.15, -0.1) is 11.8 Å². The smallest absolute Gasteiger partial charge is 0.332 e. The van der Waals surface area contributed by atoms with Gasteiger partial charge in [0.1, 0.15) is 11.3 Å². The summed E-state index contributed by atoms with van der Waals surface area (Å²) in [5.74, 6) is 1.65. The van der Waals surface area contributed by atoms with Crippen LogP contribution in [-0.4, -0.2) is 24.9 Å². The van der Waals surface area contributed by atoms with Gasteiger partial charge in [0.25, 0.3) is 5.56 Å². The summed E-state index contributed by atoms with van der Waals surface area (Å²) in [4.78, 5) is 32.6. The van der Waals surface area contributed by atoms with Gasteiger partial charge < -0.3 is 4.98 Å². The second kappa shape index (κ2) is 6.86. The van der Waals surface area contributed by atoms with Gasteiger partial charge in [-0.1, -0.05) is 11.6 Å². The van der Waals surface area contributed by atoms with Gasteiger partial charge in [-0.05, 0) is 36.4 Å². The molecule has 3 aromatic rings. The number of fused-ring (bicyclic) bond motifs is 1. The molecule has 1 N–H and O–H groups in total. The molecule has 0 aliphatic carbocycles. The van der Waals surface area contributed by atoms with Gasteiger partial charge in [0.15, 0.2) is 5.65 Å². The van der Waals surface area contributed by atoms with Crippen LogP contribution in [0.5, 0.6) is 0 Å². The summed E-state index contributed by atoms with van der Waals surface area (Å²) in [6, 6.07) is 7.74. The van der Waals surface area contributed by atoms with Crippen LogP contribution in [0, 0.1) is 0 Å². The Morgan fingerprint density at radius 2 is 1.88 bits per heavy atom. The Morgan fingerprint density at radius 1 is 1.17 bits per heavy atom. The van der Waals surface area contributed by atoms with Crippen LogP contribution in [0.1, 0.15) is 12.2 Å². The van der Waals surface area contributed by atoms with E-state index in [4.69, 9.17) is 11.6 Å². The molecule has 0 radical (unpaired) electrons. The van der Waals surface area contributed by atoms with Crippen LogP contribution < -0.4 is 11.2 Å². The molecular weight excluding hydrogens is 348 g/mol. The number of rotatable bonds is 5. The van der Waals surface area contributed by atoms with Gasteiger partial charge in [-0.25, -0.2) is 9.78 Å². The molecule has 0 saturated heterocycles. The van der Waals surface area contributed by atoms with E-state index in [1.807, 2.05) is 24.3 Å². The van der Waals surface area contributed by atoms with Crippen LogP contribution in [0.4, 0.5) is 0 Å². The summed E-state index contributed by atoms with van der Waals surface area (Å²) in [6.07, 6.45) is 1.62. The second-order valence-corrected chi connectivity index (χ2v) is 7.10. The lowest BCUT2D eigenvalue weighted by molar-refractivity contribution is 0.708. The zero-order valence-electron chi connectivity index (χ0n) is 13.4. The van der Waals surface area contributed by atoms with Gasteiger partial charge >= 0.3 is 5.69 Å². The van der Waals surface area contributed by atoms with Crippen molar-refractivity contribution in [2.45, 2.75) is 17.7 Å². The number of aromatic nitrogens is 4. The van der Waals surface area contributed by atoms with E-state index in [2.05, 4.69) is 9.97 Å². The normalized spacial score (nSPS) is 11.3. The van der Waals surface area contributed by atoms with Crippen molar-refractivity contribution in [2.24, 2.45) is 14.1 Å². The monoisotopic (exact) mass is 364 g/mol. The van der Waals surface area contributed by atoms with Crippen molar-refractivity contribution in [3.8, 4) is 0 Å². The summed E-state index contributed by atoms with van der Waals surface area (Å²) in [5, 5.41) is 0.730. The first-order valence-corrected chi connectivity index (χ1v) is 8.86. The maximum absolute atomic E-state index is 12.1. The van der Waals surface area contributed by atoms with Crippen LogP contribution in [0.15, 0.2) is 38.8 Å². The predicted octanol–water partition coefficient (Wildman–Crippen LogP) is 2.34. The van der Waals surface area contributed by atoms with E-state index in [1.165, 1.54) is 16.5 Å². The van der Waals surface area contributed by atoms with Gasteiger partial charge in [0.2, 0.25) is 0 Å². The molecule has 0 amide bonds. The molecule has 24 heavy (non-hydrogen) atoms. The maximum atomic E-state index is 12.1. The zero-order valence-corrected chi connectivity index (χ0v) is 14.9. The summed E-state index contributed by atoms with van der Waals surface area (Å²) in [6.45, 7) is 0. The lowest BCUT2D eigenvalue weighted by Gasteiger charge is -2.01. The number of hydrogen-bond acceptors (Lipinski definition) is 4. The molecule has 0 unspecified atom stereocenters. The molecule has 2 heterocycles. The first-order chi connectivity index (χ1) is 11.5. The van der Waals surface area contributed by atoms with E-state index in [-0.39, 0.29) is 11.2 Å². The van der Waals surface area contributed by atoms with Gasteiger partial charge in [0.05, 0.1) is 0 Å². The number of thioether (sulfide) groups is 1. The minimum atomic E-state index is -0.371. The predicted molar refractivity (Wildman–Crippen MR) is 97.1 cm³/mol. The summed E-state index contributed by atoms with van der Waals surface area (Å²) in [7, 11) is 3.08. The fourth-order valence-electron chi connectivity index (χ4n) is 2.45. The van der Waals surface area contributed by atoms with E-state index in [0.717, 1.165) is 27.6 Å². The van der Waals surface area contributed by atoms with Crippen molar-refractivity contribution in [1.82, 2.24) is 19.1 Å². The molecule has 0 spiro atoms. The highest BCUT2D eigenvalue weighted by molar-refractivity contribution is 7.99. The summed E-state index contributed by atoms with van der Waals surface area (Å²) >= 11 is 7.61. The van der Waals surface area contributed by atoms with E-state index in [9.17, 15) is 9.59 Å². The number of halogens is 1. The number of benzene rings is 1. The zero-order chi connectivity index (χ0) is 17.3. The Bertz CT molecular complexity index is 988. The Kier molecular flexibility index (Phi) is 4.82. The van der Waals surface area contributed by atoms with Crippen LogP contribution in [0.3, 0.4) is 0 Å². The molecule has 3 rings (SSSR count). The average Bonchev–Trinajstić information content (AvgIpc) is 3.01. The average molecular weight is 365 g/mol. The van der Waals surface area contributed by atoms with E-state index in [1.54, 1.807) is 18.8 Å². The first kappa shape index (κ1) is 16.9. The van der Waals surface area contributed by atoms with Crippen molar-refractivity contribution in [3.63, 3.8) is 0 Å². The number of H-pyrrole nitrogens is 1. The molecule has 0 atom stereocenters. The molecule has 2 aromatic heterocycles. The number of imidazole rings is 1. The van der Waals surface area contributed by atoms with Gasteiger partial charge in [-0.3, -0.25) is 13.9 Å².